The first-order valence-corrected chi connectivity index (χ1v) is 5.28. The Morgan fingerprint density at radius 1 is 1.23 bits per heavy atom. The molecule has 1 amide bonds. The Morgan fingerprint density at radius 2 is 2.08 bits per heavy atom. The van der Waals surface area contributed by atoms with Crippen LogP contribution in [0.5, 0.6) is 0 Å². The van der Waals surface area contributed by atoms with E-state index in [2.05, 4.69) is 11.8 Å². The second-order valence-electron chi connectivity index (χ2n) is 3.69. The largest absolute Gasteiger partial charge is 0.344 e. The summed E-state index contributed by atoms with van der Waals surface area (Å²) in [4.78, 5) is 14.9. The van der Waals surface area contributed by atoms with Gasteiger partial charge in [0.1, 0.15) is 0 Å². The zero-order valence-corrected chi connectivity index (χ0v) is 8.54. The van der Waals surface area contributed by atoms with Crippen LogP contribution >= 0.6 is 0 Å². The number of hydrogen-bond donors (Lipinski definition) is 0. The van der Waals surface area contributed by atoms with E-state index in [0.29, 0.717) is 0 Å². The molecular weight excluding hydrogens is 164 g/mol. The van der Waals surface area contributed by atoms with Gasteiger partial charge in [0.2, 0.25) is 6.41 Å². The van der Waals surface area contributed by atoms with Crippen LogP contribution in [0.25, 0.3) is 0 Å². The molecule has 76 valence electrons. The van der Waals surface area contributed by atoms with Gasteiger partial charge in [-0.25, -0.2) is 0 Å². The molecule has 1 fully saturated rings. The molecule has 1 aliphatic heterocycles. The van der Waals surface area contributed by atoms with Crippen molar-refractivity contribution in [3.8, 4) is 0 Å². The van der Waals surface area contributed by atoms with E-state index in [1.807, 2.05) is 4.90 Å². The lowest BCUT2D eigenvalue weighted by Crippen LogP contribution is -2.30. The van der Waals surface area contributed by atoms with Crippen molar-refractivity contribution in [2.45, 2.75) is 26.2 Å². The first-order valence-electron chi connectivity index (χ1n) is 5.28. The van der Waals surface area contributed by atoms with Gasteiger partial charge < -0.3 is 9.80 Å². The summed E-state index contributed by atoms with van der Waals surface area (Å²) in [6.07, 6.45) is 4.64. The molecule has 1 rings (SSSR count). The molecule has 0 unspecified atom stereocenters. The minimum absolute atomic E-state index is 0.910. The molecule has 0 bridgehead atoms. The molecule has 1 aliphatic rings. The molecular formula is C10H20N2O. The molecule has 0 saturated carbocycles. The number of rotatable bonds is 4. The number of amides is 1. The summed E-state index contributed by atoms with van der Waals surface area (Å²) >= 11 is 0. The lowest BCUT2D eigenvalue weighted by molar-refractivity contribution is -0.118. The molecule has 1 heterocycles. The van der Waals surface area contributed by atoms with Gasteiger partial charge in [0.05, 0.1) is 0 Å². The van der Waals surface area contributed by atoms with Gasteiger partial charge in [-0.15, -0.1) is 0 Å². The summed E-state index contributed by atoms with van der Waals surface area (Å²) in [6, 6.07) is 0. The number of carbonyl (C=O) groups is 1. The average Bonchev–Trinajstić information content (AvgIpc) is 2.39. The van der Waals surface area contributed by atoms with Crippen LogP contribution < -0.4 is 0 Å². The molecule has 0 spiro atoms. The normalized spacial score (nSPS) is 19.9. The van der Waals surface area contributed by atoms with E-state index in [-0.39, 0.29) is 0 Å². The maximum atomic E-state index is 10.5. The fourth-order valence-corrected chi connectivity index (χ4v) is 1.70. The third-order valence-electron chi connectivity index (χ3n) is 2.60. The minimum Gasteiger partial charge on any atom is -0.344 e. The summed E-state index contributed by atoms with van der Waals surface area (Å²) in [5, 5.41) is 0. The zero-order chi connectivity index (χ0) is 9.52. The molecule has 0 aromatic heterocycles. The molecule has 1 saturated heterocycles. The van der Waals surface area contributed by atoms with Crippen LogP contribution in [0.1, 0.15) is 26.2 Å². The van der Waals surface area contributed by atoms with Crippen molar-refractivity contribution in [3.05, 3.63) is 0 Å². The highest BCUT2D eigenvalue weighted by atomic mass is 16.1. The summed E-state index contributed by atoms with van der Waals surface area (Å²) in [5.74, 6) is 0. The predicted octanol–water partition coefficient (Wildman–Crippen LogP) is 0.951. The highest BCUT2D eigenvalue weighted by Gasteiger charge is 2.11. The maximum absolute atomic E-state index is 10.5. The van der Waals surface area contributed by atoms with Crippen LogP contribution in [0.2, 0.25) is 0 Å². The van der Waals surface area contributed by atoms with Crippen molar-refractivity contribution in [2.24, 2.45) is 0 Å². The van der Waals surface area contributed by atoms with Gasteiger partial charge in [-0.05, 0) is 25.9 Å². The molecule has 0 aromatic rings. The van der Waals surface area contributed by atoms with Crippen LogP contribution in [-0.4, -0.2) is 48.9 Å². The van der Waals surface area contributed by atoms with Crippen molar-refractivity contribution in [1.29, 1.82) is 0 Å². The van der Waals surface area contributed by atoms with Gasteiger partial charge in [0.25, 0.3) is 0 Å². The fourth-order valence-electron chi connectivity index (χ4n) is 1.70. The van der Waals surface area contributed by atoms with Gasteiger partial charge in [-0.3, -0.25) is 4.79 Å². The van der Waals surface area contributed by atoms with E-state index >= 15 is 0 Å². The lowest BCUT2D eigenvalue weighted by Gasteiger charge is -2.19. The molecule has 0 aromatic carbocycles. The van der Waals surface area contributed by atoms with Gasteiger partial charge >= 0.3 is 0 Å². The lowest BCUT2D eigenvalue weighted by atomic mass is 10.3. The summed E-state index contributed by atoms with van der Waals surface area (Å²) in [7, 11) is 0. The molecule has 3 nitrogen and oxygen atoms in total. The Hall–Kier alpha value is -0.570. The maximum Gasteiger partial charge on any atom is 0.209 e. The van der Waals surface area contributed by atoms with E-state index < -0.39 is 0 Å². The SMILES string of the molecule is CCCCN1CCCN(C=O)CC1. The van der Waals surface area contributed by atoms with Gasteiger partial charge in [-0.2, -0.15) is 0 Å². The topological polar surface area (TPSA) is 23.6 Å². The van der Waals surface area contributed by atoms with Gasteiger partial charge in [-0.1, -0.05) is 13.3 Å². The van der Waals surface area contributed by atoms with E-state index in [4.69, 9.17) is 0 Å². The molecule has 0 aliphatic carbocycles. The second kappa shape index (κ2) is 5.97. The van der Waals surface area contributed by atoms with Crippen molar-refractivity contribution < 1.29 is 4.79 Å². The monoisotopic (exact) mass is 184 g/mol. The second-order valence-corrected chi connectivity index (χ2v) is 3.69. The molecule has 0 N–H and O–H groups in total. The van der Waals surface area contributed by atoms with Gasteiger partial charge in [0, 0.05) is 19.6 Å². The smallest absolute Gasteiger partial charge is 0.209 e. The minimum atomic E-state index is 0.910. The van der Waals surface area contributed by atoms with Crippen LogP contribution in [0.3, 0.4) is 0 Å². The number of hydrogen-bond acceptors (Lipinski definition) is 2. The molecule has 13 heavy (non-hydrogen) atoms. The summed E-state index contributed by atoms with van der Waals surface area (Å²) in [6.45, 7) is 7.47. The Kier molecular flexibility index (Phi) is 4.83. The van der Waals surface area contributed by atoms with E-state index in [1.165, 1.54) is 19.4 Å². The third kappa shape index (κ3) is 3.77. The fraction of sp³-hybridized carbons (Fsp3) is 0.900. The average molecular weight is 184 g/mol. The standard InChI is InChI=1S/C10H20N2O/c1-2-3-5-11-6-4-7-12(10-13)9-8-11/h10H,2-9H2,1H3. The highest BCUT2D eigenvalue weighted by molar-refractivity contribution is 5.46. The van der Waals surface area contributed by atoms with Crippen molar-refractivity contribution in [2.75, 3.05) is 32.7 Å². The van der Waals surface area contributed by atoms with Crippen molar-refractivity contribution in [3.63, 3.8) is 0 Å². The predicted molar refractivity (Wildman–Crippen MR) is 53.6 cm³/mol. The van der Waals surface area contributed by atoms with E-state index in [0.717, 1.165) is 39.0 Å². The van der Waals surface area contributed by atoms with Crippen LogP contribution in [-0.2, 0) is 4.79 Å². The number of nitrogens with zero attached hydrogens (tertiary/aromatic N) is 2. The summed E-state index contributed by atoms with van der Waals surface area (Å²) in [5.41, 5.74) is 0. The highest BCUT2D eigenvalue weighted by Crippen LogP contribution is 2.02. The Morgan fingerprint density at radius 3 is 2.77 bits per heavy atom. The molecule has 0 radical (unpaired) electrons. The van der Waals surface area contributed by atoms with Crippen LogP contribution in [0, 0.1) is 0 Å². The first-order chi connectivity index (χ1) is 6.36. The van der Waals surface area contributed by atoms with Crippen molar-refractivity contribution in [1.82, 2.24) is 9.80 Å². The Bertz CT molecular complexity index is 150. The Balaban J connectivity index is 2.23. The van der Waals surface area contributed by atoms with Crippen molar-refractivity contribution >= 4 is 6.41 Å². The Labute approximate surface area is 80.7 Å². The van der Waals surface area contributed by atoms with E-state index in [1.54, 1.807) is 0 Å². The number of carbonyl (C=O) groups excluding carboxylic acids is 1. The number of unbranched alkanes of at least 4 members (excludes halogenated alkanes) is 1. The van der Waals surface area contributed by atoms with Crippen LogP contribution in [0.4, 0.5) is 0 Å². The summed E-state index contributed by atoms with van der Waals surface area (Å²) < 4.78 is 0. The third-order valence-corrected chi connectivity index (χ3v) is 2.60. The van der Waals surface area contributed by atoms with Crippen LogP contribution in [0.15, 0.2) is 0 Å². The zero-order valence-electron chi connectivity index (χ0n) is 8.54. The quantitative estimate of drug-likeness (QED) is 0.607. The van der Waals surface area contributed by atoms with Gasteiger partial charge in [0.15, 0.2) is 0 Å². The first kappa shape index (κ1) is 10.5. The molecule has 3 heteroatoms. The van der Waals surface area contributed by atoms with E-state index in [9.17, 15) is 4.79 Å². The molecule has 0 atom stereocenters.